The molecule has 19 heavy (non-hydrogen) atoms. The topological polar surface area (TPSA) is 105 Å². The number of hydrogen-bond acceptors (Lipinski definition) is 6. The quantitative estimate of drug-likeness (QED) is 0.885. The minimum Gasteiger partial charge on any atom is -0.481 e. The minimum absolute atomic E-state index is 0.0579. The summed E-state index contributed by atoms with van der Waals surface area (Å²) in [7, 11) is 0. The largest absolute Gasteiger partial charge is 0.481 e. The summed E-state index contributed by atoms with van der Waals surface area (Å²) < 4.78 is 0. The summed E-state index contributed by atoms with van der Waals surface area (Å²) in [4.78, 5) is 33.8. The fraction of sp³-hybridized carbons (Fsp3) is 0.100. The lowest BCUT2D eigenvalue weighted by Crippen LogP contribution is -2.14. The Bertz CT molecular complexity index is 631. The Balaban J connectivity index is 2.06. The number of thiazole rings is 1. The second kappa shape index (κ2) is 5.72. The van der Waals surface area contributed by atoms with Crippen LogP contribution in [0.5, 0.6) is 0 Å². The van der Waals surface area contributed by atoms with E-state index in [1.807, 2.05) is 0 Å². The van der Waals surface area contributed by atoms with E-state index in [2.05, 4.69) is 20.3 Å². The molecular formula is C10H7ClN4O3S. The molecule has 0 aliphatic rings. The van der Waals surface area contributed by atoms with Gasteiger partial charge in [-0.15, -0.1) is 11.3 Å². The van der Waals surface area contributed by atoms with Crippen molar-refractivity contribution >= 4 is 39.9 Å². The molecule has 98 valence electrons. The first-order chi connectivity index (χ1) is 9.04. The van der Waals surface area contributed by atoms with Crippen LogP contribution >= 0.6 is 22.9 Å². The third-order valence-corrected chi connectivity index (χ3v) is 2.93. The van der Waals surface area contributed by atoms with Crippen LogP contribution in [0.3, 0.4) is 0 Å². The highest BCUT2D eigenvalue weighted by molar-refractivity contribution is 7.14. The number of amides is 1. The zero-order chi connectivity index (χ0) is 13.8. The summed E-state index contributed by atoms with van der Waals surface area (Å²) in [5, 5.41) is 13.1. The van der Waals surface area contributed by atoms with Crippen molar-refractivity contribution in [3.63, 3.8) is 0 Å². The molecule has 0 spiro atoms. The monoisotopic (exact) mass is 298 g/mol. The maximum Gasteiger partial charge on any atom is 0.309 e. The molecule has 2 N–H and O–H groups in total. The van der Waals surface area contributed by atoms with Crippen LogP contribution < -0.4 is 5.32 Å². The Morgan fingerprint density at radius 3 is 2.84 bits per heavy atom. The normalized spacial score (nSPS) is 10.2. The highest BCUT2D eigenvalue weighted by Crippen LogP contribution is 2.16. The zero-order valence-corrected chi connectivity index (χ0v) is 10.9. The molecule has 9 heteroatoms. The predicted molar refractivity (Wildman–Crippen MR) is 68.4 cm³/mol. The number of nitrogens with zero attached hydrogens (tertiary/aromatic N) is 3. The van der Waals surface area contributed by atoms with E-state index in [0.29, 0.717) is 10.8 Å². The second-order valence-corrected chi connectivity index (χ2v) is 4.64. The van der Waals surface area contributed by atoms with Gasteiger partial charge in [-0.3, -0.25) is 19.9 Å². The third-order valence-electron chi connectivity index (χ3n) is 1.94. The molecule has 0 fully saturated rings. The van der Waals surface area contributed by atoms with Crippen molar-refractivity contribution in [2.75, 3.05) is 5.32 Å². The van der Waals surface area contributed by atoms with Crippen LogP contribution in [0, 0.1) is 0 Å². The van der Waals surface area contributed by atoms with Gasteiger partial charge in [-0.05, 0) is 0 Å². The van der Waals surface area contributed by atoms with E-state index in [4.69, 9.17) is 16.7 Å². The number of carbonyl (C=O) groups is 2. The number of carbonyl (C=O) groups excluding carboxylic acids is 1. The molecule has 0 aliphatic heterocycles. The number of anilines is 1. The molecule has 0 saturated carbocycles. The lowest BCUT2D eigenvalue weighted by atomic mass is 10.3. The SMILES string of the molecule is O=C(O)Cc1csc(NC(=O)c2cncc(Cl)n2)n1. The molecule has 0 unspecified atom stereocenters. The molecular weight excluding hydrogens is 292 g/mol. The molecule has 2 aromatic heterocycles. The Labute approximate surface area is 116 Å². The summed E-state index contributed by atoms with van der Waals surface area (Å²) in [5.74, 6) is -1.49. The van der Waals surface area contributed by atoms with Gasteiger partial charge in [0.15, 0.2) is 5.13 Å². The van der Waals surface area contributed by atoms with Crippen molar-refractivity contribution in [3.05, 3.63) is 34.3 Å². The summed E-state index contributed by atoms with van der Waals surface area (Å²) >= 11 is 6.75. The lowest BCUT2D eigenvalue weighted by molar-refractivity contribution is -0.136. The van der Waals surface area contributed by atoms with E-state index in [1.165, 1.54) is 12.4 Å². The van der Waals surface area contributed by atoms with Gasteiger partial charge in [-0.2, -0.15) is 0 Å². The first-order valence-electron chi connectivity index (χ1n) is 4.99. The van der Waals surface area contributed by atoms with Gasteiger partial charge in [0.2, 0.25) is 0 Å². The lowest BCUT2D eigenvalue weighted by Gasteiger charge is -2.00. The van der Waals surface area contributed by atoms with E-state index < -0.39 is 11.9 Å². The summed E-state index contributed by atoms with van der Waals surface area (Å²) in [6.45, 7) is 0. The molecule has 0 saturated heterocycles. The van der Waals surface area contributed by atoms with Crippen LogP contribution in [0.15, 0.2) is 17.8 Å². The molecule has 1 amide bonds. The molecule has 2 aromatic rings. The van der Waals surface area contributed by atoms with Crippen molar-refractivity contribution in [1.29, 1.82) is 0 Å². The van der Waals surface area contributed by atoms with Crippen molar-refractivity contribution < 1.29 is 14.7 Å². The predicted octanol–water partition coefficient (Wildman–Crippen LogP) is 1.47. The smallest absolute Gasteiger partial charge is 0.309 e. The van der Waals surface area contributed by atoms with E-state index in [1.54, 1.807) is 5.38 Å². The van der Waals surface area contributed by atoms with Crippen LogP contribution in [0.2, 0.25) is 5.15 Å². The molecule has 0 atom stereocenters. The van der Waals surface area contributed by atoms with E-state index >= 15 is 0 Å². The highest BCUT2D eigenvalue weighted by Gasteiger charge is 2.12. The molecule has 0 radical (unpaired) electrons. The molecule has 7 nitrogen and oxygen atoms in total. The first-order valence-corrected chi connectivity index (χ1v) is 6.25. The van der Waals surface area contributed by atoms with Crippen LogP contribution in [0.1, 0.15) is 16.2 Å². The maximum absolute atomic E-state index is 11.8. The van der Waals surface area contributed by atoms with Crippen molar-refractivity contribution in [2.24, 2.45) is 0 Å². The van der Waals surface area contributed by atoms with Gasteiger partial charge in [0.05, 0.1) is 24.5 Å². The summed E-state index contributed by atoms with van der Waals surface area (Å²) in [6.07, 6.45) is 2.39. The van der Waals surface area contributed by atoms with E-state index in [9.17, 15) is 9.59 Å². The van der Waals surface area contributed by atoms with E-state index in [0.717, 1.165) is 11.3 Å². The van der Waals surface area contributed by atoms with Gasteiger partial charge in [0, 0.05) is 5.38 Å². The number of aliphatic carboxylic acids is 1. The van der Waals surface area contributed by atoms with Gasteiger partial charge >= 0.3 is 5.97 Å². The highest BCUT2D eigenvalue weighted by atomic mass is 35.5. The van der Waals surface area contributed by atoms with Crippen molar-refractivity contribution in [3.8, 4) is 0 Å². The standard InChI is InChI=1S/C10H7ClN4O3S/c11-7-3-12-2-6(14-7)9(18)15-10-13-5(4-19-10)1-8(16)17/h2-4H,1H2,(H,16,17)(H,13,15,18). The molecule has 0 aromatic carbocycles. The van der Waals surface area contributed by atoms with Crippen molar-refractivity contribution in [2.45, 2.75) is 6.42 Å². The Morgan fingerprint density at radius 1 is 1.37 bits per heavy atom. The van der Waals surface area contributed by atoms with Gasteiger partial charge in [-0.1, -0.05) is 11.6 Å². The number of hydrogen-bond donors (Lipinski definition) is 2. The van der Waals surface area contributed by atoms with Crippen LogP contribution in [0.4, 0.5) is 5.13 Å². The minimum atomic E-state index is -0.983. The number of carboxylic acid groups (broad SMARTS) is 1. The Hall–Kier alpha value is -2.06. The number of aromatic nitrogens is 3. The molecule has 0 aliphatic carbocycles. The maximum atomic E-state index is 11.8. The number of halogens is 1. The fourth-order valence-corrected chi connectivity index (χ4v) is 2.07. The number of nitrogens with one attached hydrogen (secondary N) is 1. The molecule has 0 bridgehead atoms. The van der Waals surface area contributed by atoms with Gasteiger partial charge in [-0.25, -0.2) is 9.97 Å². The van der Waals surface area contributed by atoms with Crippen LogP contribution in [-0.2, 0) is 11.2 Å². The van der Waals surface area contributed by atoms with Gasteiger partial charge < -0.3 is 5.11 Å². The van der Waals surface area contributed by atoms with Gasteiger partial charge in [0.1, 0.15) is 10.8 Å². The second-order valence-electron chi connectivity index (χ2n) is 3.40. The number of carboxylic acids is 1. The zero-order valence-electron chi connectivity index (χ0n) is 9.33. The molecule has 2 heterocycles. The fourth-order valence-electron chi connectivity index (χ4n) is 1.21. The number of rotatable bonds is 4. The molecule has 2 rings (SSSR count). The first kappa shape index (κ1) is 13.4. The average Bonchev–Trinajstić information content (AvgIpc) is 2.75. The van der Waals surface area contributed by atoms with Crippen LogP contribution in [-0.4, -0.2) is 31.9 Å². The van der Waals surface area contributed by atoms with Crippen LogP contribution in [0.25, 0.3) is 0 Å². The Kier molecular flexibility index (Phi) is 4.03. The summed E-state index contributed by atoms with van der Waals surface area (Å²) in [6, 6.07) is 0. The summed E-state index contributed by atoms with van der Waals surface area (Å²) in [5.41, 5.74) is 0.437. The average molecular weight is 299 g/mol. The Morgan fingerprint density at radius 2 is 2.16 bits per heavy atom. The third kappa shape index (κ3) is 3.70. The van der Waals surface area contributed by atoms with Gasteiger partial charge in [0.25, 0.3) is 5.91 Å². The van der Waals surface area contributed by atoms with Crippen molar-refractivity contribution in [1.82, 2.24) is 15.0 Å². The van der Waals surface area contributed by atoms with E-state index in [-0.39, 0.29) is 17.3 Å².